The van der Waals surface area contributed by atoms with E-state index in [-0.39, 0.29) is 16.3 Å². The first-order valence-corrected chi connectivity index (χ1v) is 8.34. The van der Waals surface area contributed by atoms with E-state index in [1.807, 2.05) is 0 Å². The number of phenols is 1. The van der Waals surface area contributed by atoms with E-state index >= 15 is 0 Å². The molecular weight excluding hydrogens is 332 g/mol. The molecule has 0 aliphatic carbocycles. The molecule has 3 aromatic carbocycles. The fraction of sp³-hybridized carbons (Fsp3) is 0. The quantitative estimate of drug-likeness (QED) is 0.557. The van der Waals surface area contributed by atoms with E-state index in [9.17, 15) is 23.6 Å². The lowest BCUT2D eigenvalue weighted by molar-refractivity contribution is -0.384. The van der Waals surface area contributed by atoms with Gasteiger partial charge in [0.1, 0.15) is 5.75 Å². The van der Waals surface area contributed by atoms with Gasteiger partial charge < -0.3 is 5.11 Å². The van der Waals surface area contributed by atoms with E-state index in [1.54, 1.807) is 24.3 Å². The van der Waals surface area contributed by atoms with Crippen LogP contribution in [-0.4, -0.2) is 18.4 Å². The highest BCUT2D eigenvalue weighted by molar-refractivity contribution is 7.92. The maximum atomic E-state index is 12.5. The molecule has 0 aliphatic rings. The van der Waals surface area contributed by atoms with Crippen LogP contribution in [0.15, 0.2) is 65.6 Å². The molecule has 0 spiro atoms. The number of nitrogens with one attached hydrogen (secondary N) is 1. The summed E-state index contributed by atoms with van der Waals surface area (Å²) in [7, 11) is -3.91. The number of hydrogen-bond acceptors (Lipinski definition) is 5. The van der Waals surface area contributed by atoms with Gasteiger partial charge in [0.25, 0.3) is 15.7 Å². The topological polar surface area (TPSA) is 110 Å². The third-order valence-electron chi connectivity index (χ3n) is 3.47. The number of fused-ring (bicyclic) bond motifs is 1. The molecule has 122 valence electrons. The molecule has 0 unspecified atom stereocenters. The largest absolute Gasteiger partial charge is 0.508 e. The van der Waals surface area contributed by atoms with Crippen LogP contribution in [0.3, 0.4) is 0 Å². The summed E-state index contributed by atoms with van der Waals surface area (Å²) in [5, 5.41) is 21.6. The van der Waals surface area contributed by atoms with Crippen molar-refractivity contribution in [2.24, 2.45) is 0 Å². The number of nitro groups is 1. The van der Waals surface area contributed by atoms with E-state index in [0.29, 0.717) is 11.1 Å². The van der Waals surface area contributed by atoms with Gasteiger partial charge in [-0.05, 0) is 35.7 Å². The lowest BCUT2D eigenvalue weighted by atomic mass is 10.1. The van der Waals surface area contributed by atoms with Gasteiger partial charge in [0.15, 0.2) is 0 Å². The summed E-state index contributed by atoms with van der Waals surface area (Å²) in [6.07, 6.45) is 0. The molecule has 0 atom stereocenters. The minimum Gasteiger partial charge on any atom is -0.508 e. The Hall–Kier alpha value is -3.13. The van der Waals surface area contributed by atoms with Crippen LogP contribution in [0, 0.1) is 10.1 Å². The fourth-order valence-corrected chi connectivity index (χ4v) is 3.38. The Balaban J connectivity index is 2.00. The van der Waals surface area contributed by atoms with E-state index in [0.717, 1.165) is 17.5 Å². The predicted octanol–water partition coefficient (Wildman–Crippen LogP) is 3.25. The molecule has 24 heavy (non-hydrogen) atoms. The highest BCUT2D eigenvalue weighted by Gasteiger charge is 2.17. The zero-order valence-corrected chi connectivity index (χ0v) is 13.0. The van der Waals surface area contributed by atoms with Crippen molar-refractivity contribution in [3.8, 4) is 5.75 Å². The summed E-state index contributed by atoms with van der Waals surface area (Å²) in [5.41, 5.74) is 0.116. The Morgan fingerprint density at radius 2 is 1.71 bits per heavy atom. The second-order valence-corrected chi connectivity index (χ2v) is 6.75. The van der Waals surface area contributed by atoms with Gasteiger partial charge in [-0.15, -0.1) is 0 Å². The van der Waals surface area contributed by atoms with Gasteiger partial charge in [0.05, 0.1) is 15.5 Å². The average molecular weight is 344 g/mol. The Labute approximate surface area is 137 Å². The summed E-state index contributed by atoms with van der Waals surface area (Å²) in [5.74, 6) is 0.0180. The van der Waals surface area contributed by atoms with Gasteiger partial charge in [-0.25, -0.2) is 8.42 Å². The first-order chi connectivity index (χ1) is 11.4. The molecule has 2 N–H and O–H groups in total. The van der Waals surface area contributed by atoms with Crippen LogP contribution in [0.4, 0.5) is 11.4 Å². The summed E-state index contributed by atoms with van der Waals surface area (Å²) in [6, 6.07) is 14.3. The minimum atomic E-state index is -3.91. The lowest BCUT2D eigenvalue weighted by Gasteiger charge is -2.11. The molecule has 0 aromatic heterocycles. The summed E-state index contributed by atoms with van der Waals surface area (Å²) in [4.78, 5) is 9.96. The number of hydrogen-bond donors (Lipinski definition) is 2. The molecule has 0 saturated carbocycles. The fourth-order valence-electron chi connectivity index (χ4n) is 2.30. The number of nitrogens with zero attached hydrogens (tertiary/aromatic N) is 1. The third kappa shape index (κ3) is 2.99. The SMILES string of the molecule is O=[N+]([O-])c1ccc(S(=O)(=O)Nc2cccc3ccc(O)cc23)cc1. The van der Waals surface area contributed by atoms with E-state index < -0.39 is 14.9 Å². The maximum absolute atomic E-state index is 12.5. The van der Waals surface area contributed by atoms with Crippen LogP contribution >= 0.6 is 0 Å². The van der Waals surface area contributed by atoms with Crippen LogP contribution in [-0.2, 0) is 10.0 Å². The van der Waals surface area contributed by atoms with Gasteiger partial charge in [-0.3, -0.25) is 14.8 Å². The van der Waals surface area contributed by atoms with Crippen molar-refractivity contribution in [3.05, 3.63) is 70.8 Å². The Bertz CT molecular complexity index is 1030. The van der Waals surface area contributed by atoms with E-state index in [2.05, 4.69) is 4.72 Å². The number of phenolic OH excluding ortho intramolecular Hbond substituents is 1. The van der Waals surface area contributed by atoms with Crippen molar-refractivity contribution in [3.63, 3.8) is 0 Å². The molecule has 0 amide bonds. The highest BCUT2D eigenvalue weighted by atomic mass is 32.2. The van der Waals surface area contributed by atoms with Crippen LogP contribution < -0.4 is 4.72 Å². The monoisotopic (exact) mass is 344 g/mol. The smallest absolute Gasteiger partial charge is 0.269 e. The van der Waals surface area contributed by atoms with E-state index in [1.165, 1.54) is 24.3 Å². The van der Waals surface area contributed by atoms with Crippen LogP contribution in [0.25, 0.3) is 10.8 Å². The third-order valence-corrected chi connectivity index (χ3v) is 4.85. The number of benzene rings is 3. The van der Waals surface area contributed by atoms with Gasteiger partial charge in [-0.1, -0.05) is 18.2 Å². The number of aromatic hydroxyl groups is 1. The normalized spacial score (nSPS) is 11.3. The first-order valence-electron chi connectivity index (χ1n) is 6.86. The zero-order chi connectivity index (χ0) is 17.3. The molecular formula is C16H12N2O5S. The summed E-state index contributed by atoms with van der Waals surface area (Å²) < 4.78 is 27.4. The van der Waals surface area contributed by atoms with E-state index in [4.69, 9.17) is 0 Å². The first kappa shape index (κ1) is 15.8. The van der Waals surface area contributed by atoms with Crippen molar-refractivity contribution in [2.45, 2.75) is 4.90 Å². The molecule has 0 bridgehead atoms. The second-order valence-electron chi connectivity index (χ2n) is 5.07. The molecule has 0 heterocycles. The van der Waals surface area contributed by atoms with Crippen LogP contribution in [0.1, 0.15) is 0 Å². The number of nitro benzene ring substituents is 1. The van der Waals surface area contributed by atoms with Crippen molar-refractivity contribution >= 4 is 32.2 Å². The van der Waals surface area contributed by atoms with Crippen molar-refractivity contribution in [1.82, 2.24) is 0 Å². The molecule has 3 aromatic rings. The summed E-state index contributed by atoms with van der Waals surface area (Å²) >= 11 is 0. The van der Waals surface area contributed by atoms with Gasteiger partial charge in [0, 0.05) is 17.5 Å². The van der Waals surface area contributed by atoms with Crippen molar-refractivity contribution in [2.75, 3.05) is 4.72 Å². The van der Waals surface area contributed by atoms with Gasteiger partial charge in [0.2, 0.25) is 0 Å². The van der Waals surface area contributed by atoms with Crippen LogP contribution in [0.2, 0.25) is 0 Å². The molecule has 8 heteroatoms. The Kier molecular flexibility index (Phi) is 3.82. The standard InChI is InChI=1S/C16H12N2O5S/c19-13-7-4-11-2-1-3-16(15(11)10-13)17-24(22,23)14-8-5-12(6-9-14)18(20)21/h1-10,17,19H. The molecule has 0 fully saturated rings. The number of non-ortho nitro benzene ring substituents is 1. The molecule has 7 nitrogen and oxygen atoms in total. The van der Waals surface area contributed by atoms with Crippen LogP contribution in [0.5, 0.6) is 5.75 Å². The zero-order valence-electron chi connectivity index (χ0n) is 12.2. The lowest BCUT2D eigenvalue weighted by Crippen LogP contribution is -2.13. The predicted molar refractivity (Wildman–Crippen MR) is 89.5 cm³/mol. The van der Waals surface area contributed by atoms with Crippen molar-refractivity contribution < 1.29 is 18.4 Å². The maximum Gasteiger partial charge on any atom is 0.269 e. The number of sulfonamides is 1. The summed E-state index contributed by atoms with van der Waals surface area (Å²) in [6.45, 7) is 0. The average Bonchev–Trinajstić information content (AvgIpc) is 2.55. The van der Waals surface area contributed by atoms with Crippen molar-refractivity contribution in [1.29, 1.82) is 0 Å². The highest BCUT2D eigenvalue weighted by Crippen LogP contribution is 2.29. The Morgan fingerprint density at radius 1 is 1.00 bits per heavy atom. The Morgan fingerprint density at radius 3 is 2.38 bits per heavy atom. The number of rotatable bonds is 4. The van der Waals surface area contributed by atoms with Gasteiger partial charge >= 0.3 is 0 Å². The molecule has 0 saturated heterocycles. The number of anilines is 1. The molecule has 0 radical (unpaired) electrons. The molecule has 3 rings (SSSR count). The van der Waals surface area contributed by atoms with Gasteiger partial charge in [-0.2, -0.15) is 0 Å². The molecule has 0 aliphatic heterocycles. The minimum absolute atomic E-state index is 0.0180. The second kappa shape index (κ2) is 5.82.